The Hall–Kier alpha value is -2.02. The van der Waals surface area contributed by atoms with Crippen LogP contribution in [-0.2, 0) is 16.8 Å². The van der Waals surface area contributed by atoms with Crippen molar-refractivity contribution in [3.05, 3.63) is 6.33 Å². The fraction of sp³-hybridized carbons (Fsp3) is 0.688. The number of nitrogens with zero attached hydrogens (tertiary/aromatic N) is 5. The number of aromatic nitrogens is 4. The van der Waals surface area contributed by atoms with Crippen LogP contribution in [0.15, 0.2) is 6.33 Å². The summed E-state index contributed by atoms with van der Waals surface area (Å²) in [4.78, 5) is 13.5. The van der Waals surface area contributed by atoms with Crippen LogP contribution in [0.2, 0.25) is 0 Å². The van der Waals surface area contributed by atoms with Gasteiger partial charge in [-0.15, -0.1) is 0 Å². The van der Waals surface area contributed by atoms with Gasteiger partial charge in [0, 0.05) is 25.7 Å². The van der Waals surface area contributed by atoms with Gasteiger partial charge in [0.15, 0.2) is 17.0 Å². The normalized spacial score (nSPS) is 20.4. The molecule has 156 valence electrons. The third-order valence-corrected chi connectivity index (χ3v) is 6.04. The highest BCUT2D eigenvalue weighted by Crippen LogP contribution is 2.24. The van der Waals surface area contributed by atoms with Gasteiger partial charge in [0.1, 0.15) is 0 Å². The van der Waals surface area contributed by atoms with Gasteiger partial charge >= 0.3 is 0 Å². The van der Waals surface area contributed by atoms with Crippen LogP contribution in [0, 0.1) is 0 Å². The quantitative estimate of drug-likeness (QED) is 0.477. The van der Waals surface area contributed by atoms with Crippen LogP contribution in [0.4, 0.5) is 11.8 Å². The second-order valence-corrected chi connectivity index (χ2v) is 8.58. The number of hydrogen-bond acceptors (Lipinski definition) is 8. The molecule has 1 saturated heterocycles. The van der Waals surface area contributed by atoms with Gasteiger partial charge < -0.3 is 20.3 Å². The van der Waals surface area contributed by atoms with Crippen LogP contribution in [0.25, 0.3) is 11.2 Å². The zero-order valence-corrected chi connectivity index (χ0v) is 17.1. The minimum atomic E-state index is -3.71. The van der Waals surface area contributed by atoms with Crippen molar-refractivity contribution in [3.8, 4) is 0 Å². The topological polar surface area (TPSA) is 151 Å². The van der Waals surface area contributed by atoms with Crippen LogP contribution in [-0.4, -0.2) is 68.6 Å². The molecule has 0 amide bonds. The Kier molecular flexibility index (Phi) is 6.03. The maximum Gasteiger partial charge on any atom is 0.276 e. The smallest absolute Gasteiger partial charge is 0.276 e. The molecule has 0 radical (unpaired) electrons. The zero-order valence-electron chi connectivity index (χ0n) is 16.3. The molecule has 5 N–H and O–H groups in total. The van der Waals surface area contributed by atoms with E-state index in [4.69, 9.17) is 5.14 Å². The van der Waals surface area contributed by atoms with E-state index in [0.717, 1.165) is 0 Å². The number of aliphatic hydroxyl groups excluding tert-OH is 1. The summed E-state index contributed by atoms with van der Waals surface area (Å²) in [6.45, 7) is 7.01. The third kappa shape index (κ3) is 4.35. The molecule has 0 aliphatic carbocycles. The number of rotatable bonds is 8. The van der Waals surface area contributed by atoms with Crippen LogP contribution in [0.5, 0.6) is 0 Å². The summed E-state index contributed by atoms with van der Waals surface area (Å²) >= 11 is 0. The Morgan fingerprint density at radius 3 is 2.71 bits per heavy atom. The summed E-state index contributed by atoms with van der Waals surface area (Å²) in [5.41, 5.74) is 1.29. The molecule has 3 atom stereocenters. The zero-order chi connectivity index (χ0) is 20.5. The number of nitrogens with two attached hydrogens (primary N) is 1. The Labute approximate surface area is 164 Å². The van der Waals surface area contributed by atoms with Gasteiger partial charge in [-0.2, -0.15) is 22.7 Å². The number of aliphatic hydroxyl groups is 1. The Morgan fingerprint density at radius 2 is 2.14 bits per heavy atom. The van der Waals surface area contributed by atoms with Crippen LogP contribution in [0.1, 0.15) is 33.6 Å². The predicted molar refractivity (Wildman–Crippen MR) is 107 cm³/mol. The maximum atomic E-state index is 11.6. The molecule has 1 unspecified atom stereocenters. The largest absolute Gasteiger partial charge is 0.391 e. The van der Waals surface area contributed by atoms with Crippen LogP contribution < -0.4 is 15.8 Å². The molecule has 3 rings (SSSR count). The summed E-state index contributed by atoms with van der Waals surface area (Å²) in [7, 11) is -3.71. The molecule has 0 aromatic carbocycles. The molecule has 1 aliphatic heterocycles. The van der Waals surface area contributed by atoms with Crippen molar-refractivity contribution in [1.29, 1.82) is 0 Å². The number of nitrogens with one attached hydrogen (secondary N) is 2. The third-order valence-electron chi connectivity index (χ3n) is 4.99. The molecule has 11 nitrogen and oxygen atoms in total. The van der Waals surface area contributed by atoms with Gasteiger partial charge in [-0.3, -0.25) is 0 Å². The van der Waals surface area contributed by atoms with Gasteiger partial charge in [0.25, 0.3) is 10.2 Å². The molecule has 2 aromatic heterocycles. The lowest BCUT2D eigenvalue weighted by Crippen LogP contribution is -2.36. The van der Waals surface area contributed by atoms with E-state index in [1.165, 1.54) is 4.31 Å². The van der Waals surface area contributed by atoms with Crippen LogP contribution in [0.3, 0.4) is 0 Å². The Bertz CT molecular complexity index is 929. The van der Waals surface area contributed by atoms with Crippen LogP contribution >= 0.6 is 0 Å². The predicted octanol–water partition coefficient (Wildman–Crippen LogP) is 0.107. The first-order valence-corrected chi connectivity index (χ1v) is 10.9. The SMILES string of the molecule is CC[C@H](Nc1nc(N[C@H]2CCN(S(N)(=O)=O)C2)c2ncn(CC)c2n1)C(C)O. The first-order valence-electron chi connectivity index (χ1n) is 9.44. The molecular formula is C16H28N8O3S. The van der Waals surface area contributed by atoms with E-state index in [9.17, 15) is 13.5 Å². The molecule has 1 aliphatic rings. The molecule has 3 heterocycles. The van der Waals surface area contributed by atoms with Crippen molar-refractivity contribution in [1.82, 2.24) is 23.8 Å². The second kappa shape index (κ2) is 8.15. The molecule has 0 spiro atoms. The molecule has 0 saturated carbocycles. The lowest BCUT2D eigenvalue weighted by molar-refractivity contribution is 0.169. The molecule has 28 heavy (non-hydrogen) atoms. The van der Waals surface area contributed by atoms with Gasteiger partial charge in [0.2, 0.25) is 5.95 Å². The van der Waals surface area contributed by atoms with E-state index in [1.807, 2.05) is 18.4 Å². The number of fused-ring (bicyclic) bond motifs is 1. The molecule has 0 bridgehead atoms. The van der Waals surface area contributed by atoms with E-state index < -0.39 is 16.3 Å². The van der Waals surface area contributed by atoms with Crippen molar-refractivity contribution < 1.29 is 13.5 Å². The van der Waals surface area contributed by atoms with Crippen molar-refractivity contribution >= 4 is 33.1 Å². The second-order valence-electron chi connectivity index (χ2n) is 7.03. The molecular weight excluding hydrogens is 384 g/mol. The highest BCUT2D eigenvalue weighted by molar-refractivity contribution is 7.86. The van der Waals surface area contributed by atoms with E-state index in [-0.39, 0.29) is 18.6 Å². The van der Waals surface area contributed by atoms with E-state index >= 15 is 0 Å². The number of hydrogen-bond donors (Lipinski definition) is 4. The highest BCUT2D eigenvalue weighted by atomic mass is 32.2. The van der Waals surface area contributed by atoms with E-state index in [0.29, 0.717) is 48.9 Å². The summed E-state index contributed by atoms with van der Waals surface area (Å²) in [6, 6.07) is -0.317. The average Bonchev–Trinajstić information content (AvgIpc) is 3.25. The summed E-state index contributed by atoms with van der Waals surface area (Å²) in [6.07, 6.45) is 2.46. The first kappa shape index (κ1) is 20.7. The van der Waals surface area contributed by atoms with E-state index in [2.05, 4.69) is 25.6 Å². The number of anilines is 2. The van der Waals surface area contributed by atoms with Gasteiger partial charge in [-0.1, -0.05) is 6.92 Å². The maximum absolute atomic E-state index is 11.6. The molecule has 12 heteroatoms. The monoisotopic (exact) mass is 412 g/mol. The minimum Gasteiger partial charge on any atom is -0.391 e. The van der Waals surface area contributed by atoms with Crippen molar-refractivity contribution in [2.45, 2.75) is 58.3 Å². The highest BCUT2D eigenvalue weighted by Gasteiger charge is 2.30. The lowest BCUT2D eigenvalue weighted by Gasteiger charge is -2.21. The number of aryl methyl sites for hydroxylation is 1. The summed E-state index contributed by atoms with van der Waals surface area (Å²) < 4.78 is 26.3. The fourth-order valence-electron chi connectivity index (χ4n) is 3.34. The number of imidazole rings is 1. The summed E-state index contributed by atoms with van der Waals surface area (Å²) in [5.74, 6) is 0.917. The molecule has 2 aromatic rings. The van der Waals surface area contributed by atoms with E-state index in [1.54, 1.807) is 13.3 Å². The van der Waals surface area contributed by atoms with Gasteiger partial charge in [0.05, 0.1) is 18.5 Å². The Balaban J connectivity index is 1.91. The lowest BCUT2D eigenvalue weighted by atomic mass is 10.1. The standard InChI is InChI=1S/C16H28N8O3S/c1-4-12(10(3)25)20-16-21-14(13-15(22-16)23(5-2)9-18-13)19-11-6-7-24(8-11)28(17,26)27/h9-12,25H,4-8H2,1-3H3,(H2,17,26,27)(H2,19,20,21,22)/t10?,11-,12-/m0/s1. The first-order chi connectivity index (χ1) is 13.2. The Morgan fingerprint density at radius 1 is 1.39 bits per heavy atom. The van der Waals surface area contributed by atoms with Crippen molar-refractivity contribution in [2.24, 2.45) is 5.14 Å². The fourth-order valence-corrected chi connectivity index (χ4v) is 4.09. The van der Waals surface area contributed by atoms with Crippen molar-refractivity contribution in [2.75, 3.05) is 23.7 Å². The van der Waals surface area contributed by atoms with Crippen molar-refractivity contribution in [3.63, 3.8) is 0 Å². The summed E-state index contributed by atoms with van der Waals surface area (Å²) in [5, 5.41) is 21.6. The minimum absolute atomic E-state index is 0.130. The van der Waals surface area contributed by atoms with Gasteiger partial charge in [-0.25, -0.2) is 10.1 Å². The average molecular weight is 413 g/mol. The molecule has 1 fully saturated rings. The van der Waals surface area contributed by atoms with Gasteiger partial charge in [-0.05, 0) is 26.7 Å².